The first kappa shape index (κ1) is 16.3. The summed E-state index contributed by atoms with van der Waals surface area (Å²) in [5, 5.41) is 3.36. The first-order valence-corrected chi connectivity index (χ1v) is 8.08. The summed E-state index contributed by atoms with van der Waals surface area (Å²) in [6.45, 7) is 5.87. The van der Waals surface area contributed by atoms with Crippen LogP contribution in [0.2, 0.25) is 5.02 Å². The highest BCUT2D eigenvalue weighted by Crippen LogP contribution is 2.33. The number of hydrogen-bond donors (Lipinski definition) is 1. The summed E-state index contributed by atoms with van der Waals surface area (Å²) >= 11 is 9.61. The van der Waals surface area contributed by atoms with Gasteiger partial charge in [-0.2, -0.15) is 0 Å². The lowest BCUT2D eigenvalue weighted by Crippen LogP contribution is -2.60. The van der Waals surface area contributed by atoms with E-state index in [2.05, 4.69) is 21.2 Å². The number of amides is 2. The van der Waals surface area contributed by atoms with Crippen molar-refractivity contribution in [1.82, 2.24) is 5.32 Å². The van der Waals surface area contributed by atoms with E-state index in [9.17, 15) is 9.59 Å². The van der Waals surface area contributed by atoms with Crippen molar-refractivity contribution in [2.75, 3.05) is 11.4 Å². The summed E-state index contributed by atoms with van der Waals surface area (Å²) < 4.78 is 0.760. The summed E-state index contributed by atoms with van der Waals surface area (Å²) in [6, 6.07) is 3.10. The van der Waals surface area contributed by atoms with Crippen LogP contribution in [0.5, 0.6) is 0 Å². The van der Waals surface area contributed by atoms with Crippen molar-refractivity contribution in [3.8, 4) is 0 Å². The van der Waals surface area contributed by atoms with Crippen LogP contribution in [-0.4, -0.2) is 24.4 Å². The number of piperazine rings is 1. The van der Waals surface area contributed by atoms with Crippen LogP contribution < -0.4 is 10.2 Å². The quantitative estimate of drug-likeness (QED) is 0.884. The third-order valence-corrected chi connectivity index (χ3v) is 4.92. The number of carbonyl (C=O) groups is 2. The Labute approximate surface area is 138 Å². The monoisotopic (exact) mass is 372 g/mol. The Morgan fingerprint density at radius 2 is 2.14 bits per heavy atom. The molecule has 1 fully saturated rings. The molecule has 1 aromatic carbocycles. The van der Waals surface area contributed by atoms with Crippen molar-refractivity contribution in [3.05, 3.63) is 27.2 Å². The highest BCUT2D eigenvalue weighted by molar-refractivity contribution is 9.10. The fourth-order valence-corrected chi connectivity index (χ4v) is 3.17. The van der Waals surface area contributed by atoms with Gasteiger partial charge in [-0.05, 0) is 46.5 Å². The number of nitrogens with zero attached hydrogens (tertiary/aromatic N) is 1. The van der Waals surface area contributed by atoms with E-state index in [1.807, 2.05) is 26.8 Å². The number of anilines is 1. The van der Waals surface area contributed by atoms with Gasteiger partial charge in [0.05, 0.1) is 5.69 Å². The van der Waals surface area contributed by atoms with E-state index < -0.39 is 6.04 Å². The zero-order valence-corrected chi connectivity index (χ0v) is 14.6. The van der Waals surface area contributed by atoms with Crippen molar-refractivity contribution in [1.29, 1.82) is 0 Å². The average molecular weight is 374 g/mol. The van der Waals surface area contributed by atoms with Gasteiger partial charge in [0, 0.05) is 9.50 Å². The molecule has 1 saturated heterocycles. The Hall–Kier alpha value is -1.07. The Balaban J connectivity index is 2.40. The molecule has 0 radical (unpaired) electrons. The molecule has 1 heterocycles. The fraction of sp³-hybridized carbons (Fsp3) is 0.467. The Kier molecular flexibility index (Phi) is 4.94. The topological polar surface area (TPSA) is 49.4 Å². The third kappa shape index (κ3) is 3.24. The van der Waals surface area contributed by atoms with E-state index in [0.29, 0.717) is 10.7 Å². The lowest BCUT2D eigenvalue weighted by molar-refractivity contribution is -0.132. The molecular formula is C15H18BrClN2O2. The second-order valence-electron chi connectivity index (χ2n) is 5.41. The standard InChI is InChI=1S/C15H18BrClN2O2/c1-4-8(2)14-15(21)19(7-13(20)18-14)12-6-11(17)9(3)5-10(12)16/h5-6,8,14H,4,7H2,1-3H3,(H,18,20). The molecule has 0 bridgehead atoms. The van der Waals surface area contributed by atoms with E-state index in [-0.39, 0.29) is 24.3 Å². The molecule has 2 unspecified atom stereocenters. The van der Waals surface area contributed by atoms with Crippen LogP contribution in [0.3, 0.4) is 0 Å². The predicted molar refractivity (Wildman–Crippen MR) is 87.6 cm³/mol. The number of nitrogens with one attached hydrogen (secondary N) is 1. The van der Waals surface area contributed by atoms with Gasteiger partial charge in [0.1, 0.15) is 12.6 Å². The van der Waals surface area contributed by atoms with E-state index in [0.717, 1.165) is 16.5 Å². The van der Waals surface area contributed by atoms with E-state index in [4.69, 9.17) is 11.6 Å². The van der Waals surface area contributed by atoms with Crippen LogP contribution in [0.25, 0.3) is 0 Å². The van der Waals surface area contributed by atoms with Gasteiger partial charge in [0.25, 0.3) is 0 Å². The minimum absolute atomic E-state index is 0.0176. The van der Waals surface area contributed by atoms with Gasteiger partial charge in [-0.1, -0.05) is 31.9 Å². The summed E-state index contributed by atoms with van der Waals surface area (Å²) in [4.78, 5) is 26.1. The summed E-state index contributed by atoms with van der Waals surface area (Å²) in [5.74, 6) is -0.156. The minimum atomic E-state index is -0.483. The van der Waals surface area contributed by atoms with Crippen molar-refractivity contribution in [3.63, 3.8) is 0 Å². The number of aryl methyl sites for hydroxylation is 1. The number of rotatable bonds is 3. The van der Waals surface area contributed by atoms with Crippen molar-refractivity contribution in [2.24, 2.45) is 5.92 Å². The van der Waals surface area contributed by atoms with Crippen LogP contribution in [0, 0.1) is 12.8 Å². The molecule has 4 nitrogen and oxygen atoms in total. The molecule has 0 saturated carbocycles. The molecular weight excluding hydrogens is 356 g/mol. The van der Waals surface area contributed by atoms with Crippen molar-refractivity contribution >= 4 is 45.0 Å². The van der Waals surface area contributed by atoms with Gasteiger partial charge >= 0.3 is 0 Å². The normalized spacial score (nSPS) is 20.4. The van der Waals surface area contributed by atoms with Crippen LogP contribution in [0.4, 0.5) is 5.69 Å². The Bertz CT molecular complexity index is 591. The third-order valence-electron chi connectivity index (χ3n) is 3.88. The van der Waals surface area contributed by atoms with E-state index >= 15 is 0 Å². The zero-order chi connectivity index (χ0) is 15.7. The molecule has 0 aliphatic carbocycles. The highest BCUT2D eigenvalue weighted by Gasteiger charge is 2.36. The van der Waals surface area contributed by atoms with Gasteiger partial charge in [-0.25, -0.2) is 0 Å². The van der Waals surface area contributed by atoms with Gasteiger partial charge in [-0.15, -0.1) is 0 Å². The molecule has 1 aliphatic heterocycles. The fourth-order valence-electron chi connectivity index (χ4n) is 2.34. The molecule has 2 atom stereocenters. The number of benzene rings is 1. The number of halogens is 2. The summed E-state index contributed by atoms with van der Waals surface area (Å²) in [7, 11) is 0. The van der Waals surface area contributed by atoms with E-state index in [1.165, 1.54) is 4.90 Å². The second-order valence-corrected chi connectivity index (χ2v) is 6.67. The van der Waals surface area contributed by atoms with Gasteiger partial charge in [-0.3, -0.25) is 9.59 Å². The van der Waals surface area contributed by atoms with Crippen LogP contribution >= 0.6 is 27.5 Å². The van der Waals surface area contributed by atoms with Crippen molar-refractivity contribution in [2.45, 2.75) is 33.2 Å². The number of hydrogen-bond acceptors (Lipinski definition) is 2. The molecule has 1 aliphatic rings. The van der Waals surface area contributed by atoms with Crippen LogP contribution in [-0.2, 0) is 9.59 Å². The molecule has 114 valence electrons. The second kappa shape index (κ2) is 6.36. The molecule has 2 amide bonds. The molecule has 2 rings (SSSR count). The largest absolute Gasteiger partial charge is 0.342 e. The maximum absolute atomic E-state index is 12.7. The predicted octanol–water partition coefficient (Wildman–Crippen LogP) is 3.29. The van der Waals surface area contributed by atoms with Crippen LogP contribution in [0.15, 0.2) is 16.6 Å². The molecule has 0 spiro atoms. The lowest BCUT2D eigenvalue weighted by atomic mass is 9.96. The average Bonchev–Trinajstić information content (AvgIpc) is 2.44. The van der Waals surface area contributed by atoms with Gasteiger partial charge in [0.2, 0.25) is 11.8 Å². The summed E-state index contributed by atoms with van der Waals surface area (Å²) in [6.07, 6.45) is 0.820. The SMILES string of the molecule is CCC(C)C1NC(=O)CN(c2cc(Cl)c(C)cc2Br)C1=O. The number of carbonyl (C=O) groups excluding carboxylic acids is 2. The molecule has 21 heavy (non-hydrogen) atoms. The first-order chi connectivity index (χ1) is 9.85. The minimum Gasteiger partial charge on any atom is -0.342 e. The first-order valence-electron chi connectivity index (χ1n) is 6.91. The van der Waals surface area contributed by atoms with Gasteiger partial charge < -0.3 is 10.2 Å². The maximum atomic E-state index is 12.7. The Morgan fingerprint density at radius 1 is 1.48 bits per heavy atom. The molecule has 1 aromatic rings. The molecule has 6 heteroatoms. The van der Waals surface area contributed by atoms with Crippen LogP contribution in [0.1, 0.15) is 25.8 Å². The van der Waals surface area contributed by atoms with E-state index in [1.54, 1.807) is 6.07 Å². The van der Waals surface area contributed by atoms with Gasteiger partial charge in [0.15, 0.2) is 0 Å². The molecule has 1 N–H and O–H groups in total. The zero-order valence-electron chi connectivity index (χ0n) is 12.2. The van der Waals surface area contributed by atoms with Crippen molar-refractivity contribution < 1.29 is 9.59 Å². The smallest absolute Gasteiger partial charge is 0.250 e. The highest BCUT2D eigenvalue weighted by atomic mass is 79.9. The molecule has 0 aromatic heterocycles. The summed E-state index contributed by atoms with van der Waals surface area (Å²) in [5.41, 5.74) is 1.55. The maximum Gasteiger partial charge on any atom is 0.250 e. The Morgan fingerprint density at radius 3 is 2.76 bits per heavy atom. The lowest BCUT2D eigenvalue weighted by Gasteiger charge is -2.35.